The van der Waals surface area contributed by atoms with Crippen LogP contribution in [0.15, 0.2) is 29.2 Å². The van der Waals surface area contributed by atoms with Crippen molar-refractivity contribution in [3.05, 3.63) is 24.3 Å². The van der Waals surface area contributed by atoms with Crippen LogP contribution in [0, 0.1) is 11.8 Å². The first-order valence-corrected chi connectivity index (χ1v) is 8.65. The van der Waals surface area contributed by atoms with Gasteiger partial charge in [0.15, 0.2) is 0 Å². The number of urea groups is 1. The van der Waals surface area contributed by atoms with E-state index in [9.17, 15) is 13.8 Å². The summed E-state index contributed by atoms with van der Waals surface area (Å²) in [5.74, 6) is -1.24. The van der Waals surface area contributed by atoms with Crippen molar-refractivity contribution < 1.29 is 18.9 Å². The van der Waals surface area contributed by atoms with Gasteiger partial charge in [0.2, 0.25) is 0 Å². The lowest BCUT2D eigenvalue weighted by Crippen LogP contribution is -2.47. The highest BCUT2D eigenvalue weighted by Gasteiger charge is 2.31. The van der Waals surface area contributed by atoms with Gasteiger partial charge in [0.25, 0.3) is 0 Å². The number of amides is 2. The van der Waals surface area contributed by atoms with Gasteiger partial charge < -0.3 is 15.3 Å². The number of hydrogen-bond donors (Lipinski definition) is 2. The first-order chi connectivity index (χ1) is 10.4. The highest BCUT2D eigenvalue weighted by molar-refractivity contribution is 7.84. The molecule has 120 valence electrons. The third-order valence-corrected chi connectivity index (χ3v) is 4.63. The molecule has 1 aliphatic rings. The third-order valence-electron chi connectivity index (χ3n) is 3.71. The Bertz CT molecular complexity index is 605. The number of benzene rings is 1. The fraction of sp³-hybridized carbons (Fsp3) is 0.467. The molecule has 1 aliphatic heterocycles. The lowest BCUT2D eigenvalue weighted by atomic mass is 9.91. The van der Waals surface area contributed by atoms with Crippen molar-refractivity contribution in [3.8, 4) is 0 Å². The standard InChI is InChI=1S/C15H20N2O4S/c1-10-6-11(14(18)19)9-17(8-10)15(20)16-12-4-3-5-13(7-12)22(2)21/h3-5,7,10-11H,6,8-9H2,1-2H3,(H,16,20)(H,18,19). The van der Waals surface area contributed by atoms with Crippen molar-refractivity contribution in [2.24, 2.45) is 11.8 Å². The van der Waals surface area contributed by atoms with Crippen molar-refractivity contribution in [1.82, 2.24) is 4.90 Å². The molecule has 1 aromatic carbocycles. The average Bonchev–Trinajstić information content (AvgIpc) is 2.46. The number of carbonyl (C=O) groups excluding carboxylic acids is 1. The van der Waals surface area contributed by atoms with Gasteiger partial charge >= 0.3 is 12.0 Å². The second-order valence-electron chi connectivity index (χ2n) is 5.69. The number of nitrogens with zero attached hydrogens (tertiary/aromatic N) is 1. The number of carbonyl (C=O) groups is 2. The molecule has 22 heavy (non-hydrogen) atoms. The first-order valence-electron chi connectivity index (χ1n) is 7.09. The number of piperidine rings is 1. The van der Waals surface area contributed by atoms with Crippen LogP contribution in [-0.2, 0) is 15.6 Å². The number of hydrogen-bond acceptors (Lipinski definition) is 3. The van der Waals surface area contributed by atoms with Gasteiger partial charge in [0, 0.05) is 40.7 Å². The maximum absolute atomic E-state index is 12.3. The number of aliphatic carboxylic acids is 1. The van der Waals surface area contributed by atoms with Crippen molar-refractivity contribution in [3.63, 3.8) is 0 Å². The van der Waals surface area contributed by atoms with Crippen LogP contribution in [0.3, 0.4) is 0 Å². The normalized spacial score (nSPS) is 22.9. The number of anilines is 1. The Morgan fingerprint density at radius 2 is 2.09 bits per heavy atom. The second-order valence-corrected chi connectivity index (χ2v) is 7.07. The van der Waals surface area contributed by atoms with Crippen LogP contribution in [0.2, 0.25) is 0 Å². The van der Waals surface area contributed by atoms with Crippen molar-refractivity contribution in [1.29, 1.82) is 0 Å². The second kappa shape index (κ2) is 6.91. The van der Waals surface area contributed by atoms with Crippen LogP contribution in [0.4, 0.5) is 10.5 Å². The summed E-state index contributed by atoms with van der Waals surface area (Å²) in [6, 6.07) is 6.52. The minimum Gasteiger partial charge on any atom is -0.481 e. The smallest absolute Gasteiger partial charge is 0.321 e. The molecule has 1 fully saturated rings. The van der Waals surface area contributed by atoms with Crippen LogP contribution < -0.4 is 5.32 Å². The summed E-state index contributed by atoms with van der Waals surface area (Å²) in [4.78, 5) is 25.6. The Hall–Kier alpha value is -1.89. The number of nitrogens with one attached hydrogen (secondary N) is 1. The molecule has 0 aromatic heterocycles. The van der Waals surface area contributed by atoms with E-state index in [1.54, 1.807) is 30.5 Å². The average molecular weight is 324 g/mol. The Balaban J connectivity index is 2.06. The SMILES string of the molecule is CC1CC(C(=O)O)CN(C(=O)Nc2cccc(S(C)=O)c2)C1. The topological polar surface area (TPSA) is 86.7 Å². The summed E-state index contributed by atoms with van der Waals surface area (Å²) in [6.45, 7) is 2.69. The third kappa shape index (κ3) is 4.07. The minimum atomic E-state index is -1.12. The van der Waals surface area contributed by atoms with Crippen molar-refractivity contribution in [2.75, 3.05) is 24.7 Å². The zero-order chi connectivity index (χ0) is 16.3. The summed E-state index contributed by atoms with van der Waals surface area (Å²) < 4.78 is 11.5. The molecule has 0 spiro atoms. The molecule has 0 aliphatic carbocycles. The fourth-order valence-electron chi connectivity index (χ4n) is 2.65. The summed E-state index contributed by atoms with van der Waals surface area (Å²) in [5, 5.41) is 11.9. The molecule has 1 heterocycles. The van der Waals surface area contributed by atoms with Crippen LogP contribution in [0.1, 0.15) is 13.3 Å². The maximum Gasteiger partial charge on any atom is 0.321 e. The summed E-state index contributed by atoms with van der Waals surface area (Å²) in [7, 11) is -1.12. The van der Waals surface area contributed by atoms with Gasteiger partial charge in [-0.1, -0.05) is 13.0 Å². The molecule has 2 rings (SSSR count). The predicted molar refractivity (Wildman–Crippen MR) is 84.3 cm³/mol. The lowest BCUT2D eigenvalue weighted by Gasteiger charge is -2.34. The molecule has 6 nitrogen and oxygen atoms in total. The zero-order valence-corrected chi connectivity index (χ0v) is 13.4. The summed E-state index contributed by atoms with van der Waals surface area (Å²) in [5.41, 5.74) is 0.558. The van der Waals surface area contributed by atoms with Gasteiger partial charge in [-0.05, 0) is 30.5 Å². The monoisotopic (exact) mass is 324 g/mol. The van der Waals surface area contributed by atoms with E-state index in [1.807, 2.05) is 6.92 Å². The van der Waals surface area contributed by atoms with E-state index < -0.39 is 22.7 Å². The molecule has 7 heteroatoms. The molecule has 0 radical (unpaired) electrons. The molecule has 3 atom stereocenters. The quantitative estimate of drug-likeness (QED) is 0.890. The highest BCUT2D eigenvalue weighted by Crippen LogP contribution is 2.23. The van der Waals surface area contributed by atoms with E-state index in [2.05, 4.69) is 5.32 Å². The fourth-order valence-corrected chi connectivity index (χ4v) is 3.21. The molecule has 1 aromatic rings. The van der Waals surface area contributed by atoms with Crippen molar-refractivity contribution in [2.45, 2.75) is 18.2 Å². The largest absolute Gasteiger partial charge is 0.481 e. The van der Waals surface area contributed by atoms with E-state index in [1.165, 1.54) is 4.90 Å². The summed E-state index contributed by atoms with van der Waals surface area (Å²) >= 11 is 0. The van der Waals surface area contributed by atoms with Gasteiger partial charge in [-0.25, -0.2) is 4.79 Å². The molecule has 1 saturated heterocycles. The van der Waals surface area contributed by atoms with E-state index in [0.717, 1.165) is 0 Å². The number of carboxylic acid groups (broad SMARTS) is 1. The number of likely N-dealkylation sites (tertiary alicyclic amines) is 1. The molecule has 0 saturated carbocycles. The van der Waals surface area contributed by atoms with E-state index >= 15 is 0 Å². The van der Waals surface area contributed by atoms with E-state index in [-0.39, 0.29) is 18.5 Å². The Morgan fingerprint density at radius 1 is 1.36 bits per heavy atom. The minimum absolute atomic E-state index is 0.148. The van der Waals surface area contributed by atoms with Gasteiger partial charge in [0.1, 0.15) is 0 Å². The summed E-state index contributed by atoms with van der Waals surface area (Å²) in [6.07, 6.45) is 2.16. The molecular formula is C15H20N2O4S. The van der Waals surface area contributed by atoms with Gasteiger partial charge in [-0.15, -0.1) is 0 Å². The lowest BCUT2D eigenvalue weighted by molar-refractivity contribution is -0.143. The predicted octanol–water partition coefficient (Wildman–Crippen LogP) is 2.00. The molecule has 0 bridgehead atoms. The van der Waals surface area contributed by atoms with Crippen LogP contribution in [-0.4, -0.2) is 45.6 Å². The maximum atomic E-state index is 12.3. The van der Waals surface area contributed by atoms with Crippen molar-refractivity contribution >= 4 is 28.5 Å². The van der Waals surface area contributed by atoms with E-state index in [0.29, 0.717) is 23.5 Å². The molecule has 2 N–H and O–H groups in total. The van der Waals surface area contributed by atoms with Crippen LogP contribution in [0.5, 0.6) is 0 Å². The van der Waals surface area contributed by atoms with Gasteiger partial charge in [-0.3, -0.25) is 9.00 Å². The molecule has 2 amide bonds. The van der Waals surface area contributed by atoms with Crippen LogP contribution in [0.25, 0.3) is 0 Å². The highest BCUT2D eigenvalue weighted by atomic mass is 32.2. The Kier molecular flexibility index (Phi) is 5.18. The van der Waals surface area contributed by atoms with Crippen LogP contribution >= 0.6 is 0 Å². The molecule has 3 unspecified atom stereocenters. The van der Waals surface area contributed by atoms with Gasteiger partial charge in [-0.2, -0.15) is 0 Å². The number of rotatable bonds is 3. The Labute approximate surface area is 132 Å². The van der Waals surface area contributed by atoms with E-state index in [4.69, 9.17) is 5.11 Å². The zero-order valence-electron chi connectivity index (χ0n) is 12.6. The first kappa shape index (κ1) is 16.5. The molecular weight excluding hydrogens is 304 g/mol. The van der Waals surface area contributed by atoms with Gasteiger partial charge in [0.05, 0.1) is 5.92 Å². The Morgan fingerprint density at radius 3 is 2.73 bits per heavy atom. The number of carboxylic acids is 1.